The zero-order chi connectivity index (χ0) is 21.9. The third-order valence-corrected chi connectivity index (χ3v) is 8.91. The van der Waals surface area contributed by atoms with E-state index in [-0.39, 0.29) is 12.1 Å². The number of nitrogens with one attached hydrogen (secondary N) is 1. The van der Waals surface area contributed by atoms with Crippen molar-refractivity contribution in [3.05, 3.63) is 35.0 Å². The maximum Gasteiger partial charge on any atom is 0.227 e. The van der Waals surface area contributed by atoms with Gasteiger partial charge in [0.15, 0.2) is 5.82 Å². The number of anilines is 2. The van der Waals surface area contributed by atoms with Crippen molar-refractivity contribution in [3.63, 3.8) is 0 Å². The summed E-state index contributed by atoms with van der Waals surface area (Å²) in [5.74, 6) is 3.58. The second kappa shape index (κ2) is 7.74. The summed E-state index contributed by atoms with van der Waals surface area (Å²) in [4.78, 5) is 21.4. The molecule has 2 aromatic heterocycles. The first-order valence-electron chi connectivity index (χ1n) is 11.2. The molecule has 2 N–H and O–H groups in total. The minimum Gasteiger partial charge on any atom is -0.394 e. The lowest BCUT2D eigenvalue weighted by Crippen LogP contribution is -2.48. The molecule has 4 heterocycles. The number of halogens is 1. The zero-order valence-electron chi connectivity index (χ0n) is 17.6. The second-order valence-electron chi connectivity index (χ2n) is 9.31. The molecular formula is C22H25ClN6O2S. The van der Waals surface area contributed by atoms with Gasteiger partial charge < -0.3 is 15.3 Å². The largest absolute Gasteiger partial charge is 0.394 e. The number of aryl methyl sites for hydroxylation is 1. The van der Waals surface area contributed by atoms with E-state index in [0.717, 1.165) is 55.2 Å². The molecule has 2 aliphatic heterocycles. The molecule has 0 bridgehead atoms. The molecule has 8 nitrogen and oxygen atoms in total. The van der Waals surface area contributed by atoms with E-state index in [0.29, 0.717) is 40.8 Å². The number of hydrogen-bond donors (Lipinski definition) is 2. The van der Waals surface area contributed by atoms with Crippen molar-refractivity contribution in [3.8, 4) is 0 Å². The molecule has 6 rings (SSSR count). The molecule has 168 valence electrons. The highest BCUT2D eigenvalue weighted by Crippen LogP contribution is 2.42. The number of hydrogen-bond acceptors (Lipinski definition) is 8. The molecule has 0 unspecified atom stereocenters. The van der Waals surface area contributed by atoms with Crippen LogP contribution < -0.4 is 10.2 Å². The predicted molar refractivity (Wildman–Crippen MR) is 123 cm³/mol. The lowest BCUT2D eigenvalue weighted by atomic mass is 9.77. The van der Waals surface area contributed by atoms with Crippen LogP contribution in [0.25, 0.3) is 5.57 Å². The summed E-state index contributed by atoms with van der Waals surface area (Å²) in [6, 6.07) is 0. The number of aromatic nitrogens is 4. The fourth-order valence-electron chi connectivity index (χ4n) is 5.30. The van der Waals surface area contributed by atoms with Crippen LogP contribution >= 0.6 is 11.6 Å². The first-order valence-corrected chi connectivity index (χ1v) is 12.9. The quantitative estimate of drug-likeness (QED) is 0.683. The SMILES string of the molecule is O=[S@@]1CCc2nc(N3C[C@H]4CC(c5ncc(Cl)cn5)=C[C@H]4C3)nc(NC3(CO)CCC3)c21. The monoisotopic (exact) mass is 472 g/mol. The molecular weight excluding hydrogens is 448 g/mol. The molecule has 0 spiro atoms. The Labute approximate surface area is 194 Å². The van der Waals surface area contributed by atoms with E-state index < -0.39 is 10.8 Å². The van der Waals surface area contributed by atoms with E-state index in [1.165, 1.54) is 5.57 Å². The normalized spacial score (nSPS) is 27.6. The van der Waals surface area contributed by atoms with Crippen LogP contribution in [0.4, 0.5) is 11.8 Å². The maximum absolute atomic E-state index is 12.6. The van der Waals surface area contributed by atoms with Crippen molar-refractivity contribution in [1.29, 1.82) is 0 Å². The van der Waals surface area contributed by atoms with Gasteiger partial charge in [-0.25, -0.2) is 15.0 Å². The highest BCUT2D eigenvalue weighted by molar-refractivity contribution is 7.85. The van der Waals surface area contributed by atoms with Crippen LogP contribution in [0.2, 0.25) is 5.02 Å². The van der Waals surface area contributed by atoms with Crippen LogP contribution in [0.15, 0.2) is 23.4 Å². The average Bonchev–Trinajstić information content (AvgIpc) is 3.44. The van der Waals surface area contributed by atoms with E-state index in [4.69, 9.17) is 21.6 Å². The van der Waals surface area contributed by atoms with Crippen molar-refractivity contribution < 1.29 is 9.32 Å². The number of allylic oxidation sites excluding steroid dienone is 1. The molecule has 4 aliphatic rings. The summed E-state index contributed by atoms with van der Waals surface area (Å²) in [6.45, 7) is 1.76. The first-order chi connectivity index (χ1) is 15.5. The zero-order valence-corrected chi connectivity index (χ0v) is 19.2. The van der Waals surface area contributed by atoms with Crippen molar-refractivity contribution in [2.45, 2.75) is 42.5 Å². The third-order valence-electron chi connectivity index (χ3n) is 7.25. The molecule has 1 saturated carbocycles. The van der Waals surface area contributed by atoms with Gasteiger partial charge >= 0.3 is 0 Å². The van der Waals surface area contributed by atoms with Crippen LogP contribution in [0, 0.1) is 11.8 Å². The molecule has 10 heteroatoms. The second-order valence-corrected chi connectivity index (χ2v) is 11.3. The molecule has 2 fully saturated rings. The Balaban J connectivity index is 1.26. The van der Waals surface area contributed by atoms with E-state index in [1.807, 2.05) is 0 Å². The molecule has 0 amide bonds. The Morgan fingerprint density at radius 3 is 2.75 bits per heavy atom. The summed E-state index contributed by atoms with van der Waals surface area (Å²) in [7, 11) is -1.09. The number of nitrogens with zero attached hydrogens (tertiary/aromatic N) is 5. The minimum atomic E-state index is -1.09. The van der Waals surface area contributed by atoms with Gasteiger partial charge in [0.2, 0.25) is 5.95 Å². The van der Waals surface area contributed by atoms with Gasteiger partial charge in [-0.2, -0.15) is 4.98 Å². The molecule has 32 heavy (non-hydrogen) atoms. The average molecular weight is 473 g/mol. The van der Waals surface area contributed by atoms with Crippen LogP contribution in [0.5, 0.6) is 0 Å². The standard InChI is InChI=1S/C22H25ClN6O2S/c23-16-8-24-19(25-9-16)13-6-14-10-29(11-15(14)7-13)21-26-17-2-5-32(31)18(17)20(27-21)28-22(12-30)3-1-4-22/h6,8-9,14-15,30H,1-5,7,10-12H2,(H,26,27,28)/t14-,15+,32+/m0/s1. The number of aliphatic hydroxyl groups excluding tert-OH is 1. The number of aliphatic hydroxyl groups is 1. The van der Waals surface area contributed by atoms with Crippen LogP contribution in [-0.2, 0) is 17.2 Å². The Hall–Kier alpha value is -2.10. The fourth-order valence-corrected chi connectivity index (χ4v) is 6.71. The van der Waals surface area contributed by atoms with Gasteiger partial charge in [0.1, 0.15) is 10.7 Å². The van der Waals surface area contributed by atoms with Crippen molar-refractivity contribution in [2.75, 3.05) is 35.7 Å². The fraction of sp³-hybridized carbons (Fsp3) is 0.545. The Morgan fingerprint density at radius 1 is 1.25 bits per heavy atom. The van der Waals surface area contributed by atoms with Gasteiger partial charge in [0.25, 0.3) is 0 Å². The van der Waals surface area contributed by atoms with Gasteiger partial charge in [0.05, 0.1) is 33.7 Å². The van der Waals surface area contributed by atoms with Crippen molar-refractivity contribution >= 4 is 39.7 Å². The predicted octanol–water partition coefficient (Wildman–Crippen LogP) is 2.45. The minimum absolute atomic E-state index is 0.0575. The molecule has 2 aliphatic carbocycles. The van der Waals surface area contributed by atoms with E-state index >= 15 is 0 Å². The maximum atomic E-state index is 12.6. The summed E-state index contributed by atoms with van der Waals surface area (Å²) >= 11 is 5.92. The molecule has 3 atom stereocenters. The topological polar surface area (TPSA) is 104 Å². The Kier molecular flexibility index (Phi) is 4.96. The molecule has 0 radical (unpaired) electrons. The Morgan fingerprint density at radius 2 is 2.06 bits per heavy atom. The van der Waals surface area contributed by atoms with Crippen LogP contribution in [0.3, 0.4) is 0 Å². The molecule has 2 aromatic rings. The van der Waals surface area contributed by atoms with Gasteiger partial charge in [-0.3, -0.25) is 4.21 Å². The summed E-state index contributed by atoms with van der Waals surface area (Å²) in [5, 5.41) is 13.9. The van der Waals surface area contributed by atoms with Crippen molar-refractivity contribution in [2.24, 2.45) is 11.8 Å². The summed E-state index contributed by atoms with van der Waals surface area (Å²) in [5.41, 5.74) is 1.72. The highest BCUT2D eigenvalue weighted by Gasteiger charge is 2.41. The van der Waals surface area contributed by atoms with Gasteiger partial charge in [-0.15, -0.1) is 0 Å². The highest BCUT2D eigenvalue weighted by atomic mass is 35.5. The first kappa shape index (κ1) is 20.5. The number of fused-ring (bicyclic) bond motifs is 2. The van der Waals surface area contributed by atoms with Crippen LogP contribution in [-0.4, -0.2) is 60.2 Å². The lowest BCUT2D eigenvalue weighted by Gasteiger charge is -2.41. The molecule has 1 saturated heterocycles. The smallest absolute Gasteiger partial charge is 0.227 e. The van der Waals surface area contributed by atoms with Crippen LogP contribution in [0.1, 0.15) is 37.2 Å². The van der Waals surface area contributed by atoms with E-state index in [2.05, 4.69) is 26.3 Å². The lowest BCUT2D eigenvalue weighted by molar-refractivity contribution is 0.143. The number of rotatable bonds is 5. The van der Waals surface area contributed by atoms with Gasteiger partial charge in [0, 0.05) is 37.7 Å². The third kappa shape index (κ3) is 3.41. The summed E-state index contributed by atoms with van der Waals surface area (Å²) < 4.78 is 12.6. The Bertz CT molecular complexity index is 1110. The summed E-state index contributed by atoms with van der Waals surface area (Å²) in [6.07, 6.45) is 10.1. The van der Waals surface area contributed by atoms with Crippen molar-refractivity contribution in [1.82, 2.24) is 19.9 Å². The molecule has 0 aromatic carbocycles. The van der Waals surface area contributed by atoms with Gasteiger partial charge in [-0.1, -0.05) is 17.7 Å². The van der Waals surface area contributed by atoms with E-state index in [9.17, 15) is 9.32 Å². The van der Waals surface area contributed by atoms with E-state index in [1.54, 1.807) is 12.4 Å². The van der Waals surface area contributed by atoms with Gasteiger partial charge in [-0.05, 0) is 43.1 Å².